The molecule has 4 nitrogen and oxygen atoms in total. The van der Waals surface area contributed by atoms with Crippen molar-refractivity contribution in [1.29, 1.82) is 0 Å². The number of aryl methyl sites for hydroxylation is 1. The van der Waals surface area contributed by atoms with Gasteiger partial charge < -0.3 is 0 Å². The number of hydrogen-bond acceptors (Lipinski definition) is 3. The molecule has 0 bridgehead atoms. The van der Waals surface area contributed by atoms with Crippen LogP contribution in [0, 0.1) is 6.92 Å². The Kier molecular flexibility index (Phi) is 3.68. The molecule has 0 saturated carbocycles. The minimum atomic E-state index is -3.62. The molecule has 1 heterocycles. The van der Waals surface area contributed by atoms with Gasteiger partial charge in [0.1, 0.15) is 10.7 Å². The molecule has 0 aliphatic rings. The first-order valence-corrected chi connectivity index (χ1v) is 7.47. The summed E-state index contributed by atoms with van der Waals surface area (Å²) in [6, 6.07) is 10.1. The van der Waals surface area contributed by atoms with Gasteiger partial charge in [0.15, 0.2) is 0 Å². The van der Waals surface area contributed by atoms with Crippen molar-refractivity contribution in [2.45, 2.75) is 11.8 Å². The van der Waals surface area contributed by atoms with E-state index in [0.29, 0.717) is 10.3 Å². The highest BCUT2D eigenvalue weighted by molar-refractivity contribution is 9.10. The van der Waals surface area contributed by atoms with Crippen LogP contribution < -0.4 is 4.72 Å². The summed E-state index contributed by atoms with van der Waals surface area (Å²) in [4.78, 5) is 4.16. The number of benzene rings is 1. The van der Waals surface area contributed by atoms with Gasteiger partial charge in [-0.05, 0) is 52.7 Å². The zero-order chi connectivity index (χ0) is 13.2. The first-order valence-electron chi connectivity index (χ1n) is 5.19. The Labute approximate surface area is 114 Å². The quantitative estimate of drug-likeness (QED) is 0.943. The topological polar surface area (TPSA) is 59.1 Å². The van der Waals surface area contributed by atoms with E-state index in [4.69, 9.17) is 0 Å². The number of nitrogens with one attached hydrogen (secondary N) is 1. The Bertz CT molecular complexity index is 671. The summed E-state index contributed by atoms with van der Waals surface area (Å²) < 4.78 is 27.3. The lowest BCUT2D eigenvalue weighted by atomic mass is 10.3. The molecule has 0 aliphatic heterocycles. The summed E-state index contributed by atoms with van der Waals surface area (Å²) in [6.07, 6.45) is 1.56. The number of anilines is 1. The van der Waals surface area contributed by atoms with E-state index < -0.39 is 10.0 Å². The van der Waals surface area contributed by atoms with Crippen LogP contribution in [-0.2, 0) is 10.0 Å². The van der Waals surface area contributed by atoms with Gasteiger partial charge in [0.05, 0.1) is 0 Å². The molecule has 0 amide bonds. The molecule has 1 aromatic carbocycles. The van der Waals surface area contributed by atoms with E-state index in [1.165, 1.54) is 6.07 Å². The third-order valence-corrected chi connectivity index (χ3v) is 4.65. The summed E-state index contributed by atoms with van der Waals surface area (Å²) in [5, 5.41) is 0. The van der Waals surface area contributed by atoms with Crippen molar-refractivity contribution in [2.75, 3.05) is 4.72 Å². The minimum Gasteiger partial charge on any atom is -0.263 e. The Morgan fingerprint density at radius 2 is 1.94 bits per heavy atom. The fourth-order valence-corrected chi connectivity index (χ4v) is 3.45. The number of halogens is 1. The highest BCUT2D eigenvalue weighted by atomic mass is 79.9. The van der Waals surface area contributed by atoms with E-state index in [1.807, 2.05) is 6.92 Å². The molecule has 0 unspecified atom stereocenters. The Morgan fingerprint density at radius 3 is 2.61 bits per heavy atom. The molecule has 6 heteroatoms. The van der Waals surface area contributed by atoms with Gasteiger partial charge in [0.25, 0.3) is 10.0 Å². The maximum Gasteiger partial charge on any atom is 0.264 e. The standard InChI is InChI=1S/C12H11BrN2O2S/c1-9-6-7-14-12(8-9)15-18(16,17)11-5-3-2-4-10(11)13/h2-8H,1H3,(H,14,15). The van der Waals surface area contributed by atoms with Gasteiger partial charge >= 0.3 is 0 Å². The van der Waals surface area contributed by atoms with Gasteiger partial charge in [-0.1, -0.05) is 12.1 Å². The molecule has 2 rings (SSSR count). The first kappa shape index (κ1) is 13.0. The Balaban J connectivity index is 2.37. The fourth-order valence-electron chi connectivity index (χ4n) is 1.45. The second-order valence-electron chi connectivity index (χ2n) is 3.75. The van der Waals surface area contributed by atoms with Crippen molar-refractivity contribution in [3.05, 3.63) is 52.6 Å². The van der Waals surface area contributed by atoms with Gasteiger partial charge in [-0.3, -0.25) is 4.72 Å². The zero-order valence-corrected chi connectivity index (χ0v) is 12.0. The number of hydrogen-bond donors (Lipinski definition) is 1. The van der Waals surface area contributed by atoms with Crippen LogP contribution in [0.5, 0.6) is 0 Å². The van der Waals surface area contributed by atoms with Crippen LogP contribution in [0.15, 0.2) is 52.0 Å². The first-order chi connectivity index (χ1) is 8.49. The largest absolute Gasteiger partial charge is 0.264 e. The number of pyridine rings is 1. The smallest absolute Gasteiger partial charge is 0.263 e. The van der Waals surface area contributed by atoms with E-state index in [1.54, 1.807) is 36.5 Å². The van der Waals surface area contributed by atoms with Crippen molar-refractivity contribution >= 4 is 31.8 Å². The predicted molar refractivity (Wildman–Crippen MR) is 73.9 cm³/mol. The van der Waals surface area contributed by atoms with E-state index in [2.05, 4.69) is 25.6 Å². The maximum absolute atomic E-state index is 12.2. The fraction of sp³-hybridized carbons (Fsp3) is 0.0833. The van der Waals surface area contributed by atoms with Crippen LogP contribution in [0.1, 0.15) is 5.56 Å². The SMILES string of the molecule is Cc1ccnc(NS(=O)(=O)c2ccccc2Br)c1. The van der Waals surface area contributed by atoms with Gasteiger partial charge in [0.2, 0.25) is 0 Å². The van der Waals surface area contributed by atoms with E-state index in [-0.39, 0.29) is 4.90 Å². The molecule has 1 N–H and O–H groups in total. The van der Waals surface area contributed by atoms with Gasteiger partial charge in [-0.2, -0.15) is 0 Å². The van der Waals surface area contributed by atoms with Gasteiger partial charge in [0, 0.05) is 10.7 Å². The average molecular weight is 327 g/mol. The maximum atomic E-state index is 12.2. The number of sulfonamides is 1. The van der Waals surface area contributed by atoms with Crippen LogP contribution in [0.3, 0.4) is 0 Å². The van der Waals surface area contributed by atoms with E-state index in [0.717, 1.165) is 5.56 Å². The number of nitrogens with zero attached hydrogens (tertiary/aromatic N) is 1. The molecule has 0 aliphatic carbocycles. The molecule has 0 fully saturated rings. The molecular formula is C12H11BrN2O2S. The highest BCUT2D eigenvalue weighted by Crippen LogP contribution is 2.23. The van der Waals surface area contributed by atoms with Crippen molar-refractivity contribution < 1.29 is 8.42 Å². The Morgan fingerprint density at radius 1 is 1.22 bits per heavy atom. The molecule has 1 aromatic heterocycles. The summed E-state index contributed by atoms with van der Waals surface area (Å²) in [5.41, 5.74) is 0.940. The molecule has 0 atom stereocenters. The molecule has 2 aromatic rings. The number of aromatic nitrogens is 1. The van der Waals surface area contributed by atoms with Crippen molar-refractivity contribution in [3.8, 4) is 0 Å². The third-order valence-electron chi connectivity index (χ3n) is 2.28. The highest BCUT2D eigenvalue weighted by Gasteiger charge is 2.17. The summed E-state index contributed by atoms with van der Waals surface area (Å²) in [6.45, 7) is 1.87. The predicted octanol–water partition coefficient (Wildman–Crippen LogP) is 2.95. The molecule has 0 radical (unpaired) electrons. The van der Waals surface area contributed by atoms with Crippen molar-refractivity contribution in [1.82, 2.24) is 4.98 Å². The zero-order valence-electron chi connectivity index (χ0n) is 9.59. The average Bonchev–Trinajstić information content (AvgIpc) is 2.28. The van der Waals surface area contributed by atoms with E-state index >= 15 is 0 Å². The van der Waals surface area contributed by atoms with Crippen LogP contribution >= 0.6 is 15.9 Å². The van der Waals surface area contributed by atoms with Crippen molar-refractivity contribution in [2.24, 2.45) is 0 Å². The van der Waals surface area contributed by atoms with Crippen LogP contribution in [0.2, 0.25) is 0 Å². The van der Waals surface area contributed by atoms with Gasteiger partial charge in [-0.15, -0.1) is 0 Å². The van der Waals surface area contributed by atoms with E-state index in [9.17, 15) is 8.42 Å². The molecular weight excluding hydrogens is 316 g/mol. The molecule has 0 spiro atoms. The summed E-state index contributed by atoms with van der Waals surface area (Å²) in [7, 11) is -3.62. The summed E-state index contributed by atoms with van der Waals surface area (Å²) in [5.74, 6) is 0.311. The second-order valence-corrected chi connectivity index (χ2v) is 6.26. The molecule has 0 saturated heterocycles. The second kappa shape index (κ2) is 5.07. The molecule has 94 valence electrons. The lowest BCUT2D eigenvalue weighted by Crippen LogP contribution is -2.14. The van der Waals surface area contributed by atoms with Crippen LogP contribution in [0.25, 0.3) is 0 Å². The normalized spacial score (nSPS) is 11.2. The lowest BCUT2D eigenvalue weighted by molar-refractivity contribution is 0.600. The van der Waals surface area contributed by atoms with Crippen molar-refractivity contribution in [3.63, 3.8) is 0 Å². The Hall–Kier alpha value is -1.40. The lowest BCUT2D eigenvalue weighted by Gasteiger charge is -2.08. The monoisotopic (exact) mass is 326 g/mol. The van der Waals surface area contributed by atoms with Crippen LogP contribution in [-0.4, -0.2) is 13.4 Å². The minimum absolute atomic E-state index is 0.188. The van der Waals surface area contributed by atoms with Gasteiger partial charge in [-0.25, -0.2) is 13.4 Å². The third kappa shape index (κ3) is 2.88. The molecule has 18 heavy (non-hydrogen) atoms. The van der Waals surface area contributed by atoms with Crippen LogP contribution in [0.4, 0.5) is 5.82 Å². The number of rotatable bonds is 3. The summed E-state index contributed by atoms with van der Waals surface area (Å²) >= 11 is 3.22.